The average Bonchev–Trinajstić information content (AvgIpc) is 3.02. The van der Waals surface area contributed by atoms with Crippen molar-refractivity contribution in [2.75, 3.05) is 20.2 Å². The first-order valence-corrected chi connectivity index (χ1v) is 8.88. The van der Waals surface area contributed by atoms with Crippen LogP contribution in [0.3, 0.4) is 0 Å². The van der Waals surface area contributed by atoms with Gasteiger partial charge in [0.2, 0.25) is 0 Å². The van der Waals surface area contributed by atoms with Crippen LogP contribution in [0.15, 0.2) is 18.0 Å². The fraction of sp³-hybridized carbons (Fsp3) is 0.500. The van der Waals surface area contributed by atoms with E-state index in [0.717, 1.165) is 25.1 Å². The Morgan fingerprint density at radius 3 is 2.64 bits per heavy atom. The smallest absolute Gasteiger partial charge is 0.475 e. The molecule has 28 heavy (non-hydrogen) atoms. The third-order valence-corrected chi connectivity index (χ3v) is 4.56. The summed E-state index contributed by atoms with van der Waals surface area (Å²) in [7, 11) is 1.35. The van der Waals surface area contributed by atoms with Crippen LogP contribution in [0.1, 0.15) is 18.9 Å². The first-order valence-electron chi connectivity index (χ1n) is 8.00. The van der Waals surface area contributed by atoms with Crippen LogP contribution in [-0.2, 0) is 25.7 Å². The summed E-state index contributed by atoms with van der Waals surface area (Å²) < 4.78 is 37.9. The van der Waals surface area contributed by atoms with Gasteiger partial charge in [0.05, 0.1) is 13.3 Å². The number of ether oxygens (including phenoxy) is 1. The monoisotopic (exact) mass is 423 g/mol. The second-order valence-electron chi connectivity index (χ2n) is 5.63. The lowest BCUT2D eigenvalue weighted by molar-refractivity contribution is -0.192. The number of hydrogen-bond donors (Lipinski definition) is 2. The maximum absolute atomic E-state index is 11.3. The van der Waals surface area contributed by atoms with Crippen molar-refractivity contribution in [2.45, 2.75) is 31.3 Å². The van der Waals surface area contributed by atoms with Gasteiger partial charge in [-0.05, 0) is 18.5 Å². The largest absolute Gasteiger partial charge is 0.490 e. The summed E-state index contributed by atoms with van der Waals surface area (Å²) >= 11 is 1.38. The number of nitrogens with one attached hydrogen (secondary N) is 1. The van der Waals surface area contributed by atoms with E-state index in [1.54, 1.807) is 24.0 Å². The predicted molar refractivity (Wildman–Crippen MR) is 95.5 cm³/mol. The summed E-state index contributed by atoms with van der Waals surface area (Å²) in [5.41, 5.74) is 2.10. The molecule has 1 atom stereocenters. The van der Waals surface area contributed by atoms with E-state index in [-0.39, 0.29) is 22.9 Å². The minimum absolute atomic E-state index is 0.101. The quantitative estimate of drug-likeness (QED) is 0.705. The number of piperidine rings is 1. The maximum atomic E-state index is 11.3. The number of methoxy groups -OCH3 is 1. The van der Waals surface area contributed by atoms with Crippen LogP contribution in [0.5, 0.6) is 0 Å². The molecule has 1 aromatic rings. The maximum Gasteiger partial charge on any atom is 0.490 e. The highest BCUT2D eigenvalue weighted by molar-refractivity contribution is 8.14. The van der Waals surface area contributed by atoms with Crippen molar-refractivity contribution in [1.82, 2.24) is 15.1 Å². The lowest BCUT2D eigenvalue weighted by Gasteiger charge is -2.24. The number of aromatic nitrogens is 2. The average molecular weight is 423 g/mol. The number of esters is 1. The van der Waals surface area contributed by atoms with Crippen LogP contribution < -0.4 is 5.32 Å². The predicted octanol–water partition coefficient (Wildman–Crippen LogP) is 1.71. The van der Waals surface area contributed by atoms with Gasteiger partial charge in [-0.3, -0.25) is 14.3 Å². The molecule has 0 saturated carbocycles. The molecule has 1 fully saturated rings. The number of hydrogen-bond acceptors (Lipinski definition) is 7. The fourth-order valence-corrected chi connectivity index (χ4v) is 3.13. The molecule has 1 aliphatic rings. The summed E-state index contributed by atoms with van der Waals surface area (Å²) in [5, 5.41) is 14.9. The van der Waals surface area contributed by atoms with Gasteiger partial charge in [-0.2, -0.15) is 18.3 Å². The van der Waals surface area contributed by atoms with E-state index in [2.05, 4.69) is 15.2 Å². The van der Waals surface area contributed by atoms with Gasteiger partial charge < -0.3 is 15.2 Å². The van der Waals surface area contributed by atoms with Crippen LogP contribution in [-0.4, -0.2) is 63.6 Å². The Bertz CT molecular complexity index is 733. The van der Waals surface area contributed by atoms with Crippen LogP contribution >= 0.6 is 11.8 Å². The summed E-state index contributed by atoms with van der Waals surface area (Å²) in [6, 6.07) is 0. The molecule has 0 bridgehead atoms. The zero-order valence-electron chi connectivity index (χ0n) is 15.2. The highest BCUT2D eigenvalue weighted by Crippen LogP contribution is 2.26. The molecule has 1 unspecified atom stereocenters. The topological polar surface area (TPSA) is 111 Å². The van der Waals surface area contributed by atoms with Gasteiger partial charge in [0.1, 0.15) is 6.54 Å². The van der Waals surface area contributed by atoms with E-state index < -0.39 is 12.1 Å². The van der Waals surface area contributed by atoms with Gasteiger partial charge in [0.25, 0.3) is 0 Å². The van der Waals surface area contributed by atoms with Crippen molar-refractivity contribution in [2.24, 2.45) is 0 Å². The van der Waals surface area contributed by atoms with Gasteiger partial charge in [-0.15, -0.1) is 0 Å². The molecule has 0 amide bonds. The van der Waals surface area contributed by atoms with Crippen molar-refractivity contribution in [3.8, 4) is 0 Å². The highest BCUT2D eigenvalue weighted by Gasteiger charge is 2.38. The minimum Gasteiger partial charge on any atom is -0.475 e. The van der Waals surface area contributed by atoms with Gasteiger partial charge in [-0.25, -0.2) is 4.79 Å². The molecule has 1 saturated heterocycles. The number of halogens is 3. The molecule has 0 aliphatic carbocycles. The lowest BCUT2D eigenvalue weighted by Crippen LogP contribution is -2.32. The first kappa shape index (κ1) is 23.7. The van der Waals surface area contributed by atoms with Gasteiger partial charge >= 0.3 is 18.1 Å². The summed E-state index contributed by atoms with van der Waals surface area (Å²) in [5.74, 6) is -3.09. The van der Waals surface area contributed by atoms with E-state index >= 15 is 0 Å². The number of carbonyl (C=O) groups is 3. The number of carboxylic acid groups (broad SMARTS) is 1. The second-order valence-corrected chi connectivity index (χ2v) is 7.01. The van der Waals surface area contributed by atoms with Crippen molar-refractivity contribution in [3.63, 3.8) is 0 Å². The Hall–Kier alpha value is -2.34. The normalized spacial score (nSPS) is 18.2. The van der Waals surface area contributed by atoms with Gasteiger partial charge in [0, 0.05) is 30.5 Å². The Morgan fingerprint density at radius 2 is 2.11 bits per heavy atom. The number of rotatable bonds is 4. The Labute approximate surface area is 163 Å². The van der Waals surface area contributed by atoms with Crippen molar-refractivity contribution < 1.29 is 37.4 Å². The Kier molecular flexibility index (Phi) is 9.19. The molecule has 1 aliphatic heterocycles. The second kappa shape index (κ2) is 10.9. The van der Waals surface area contributed by atoms with Crippen LogP contribution in [0.4, 0.5) is 13.2 Å². The van der Waals surface area contributed by atoms with Crippen molar-refractivity contribution in [1.29, 1.82) is 0 Å². The van der Waals surface area contributed by atoms with Crippen molar-refractivity contribution in [3.05, 3.63) is 23.5 Å². The first-order chi connectivity index (χ1) is 13.0. The SMILES string of the molecule is COC(=O)Cn1cc(/C=C2\CNCCC2SC(C)=O)cn1.O=C(O)C(F)(F)F. The fourth-order valence-electron chi connectivity index (χ4n) is 2.20. The molecule has 2 rings (SSSR count). The Balaban J connectivity index is 0.000000480. The summed E-state index contributed by atoms with van der Waals surface area (Å²) in [6.45, 7) is 3.39. The standard InChI is InChI=1S/C14H19N3O3S.C2HF3O2/c1-10(18)21-13-3-4-15-7-12(13)5-11-6-16-17(8-11)9-14(19)20-2;3-2(4,5)1(6)7/h5-6,8,13,15H,3-4,7,9H2,1-2H3;(H,6,7)/b12-5+;. The highest BCUT2D eigenvalue weighted by atomic mass is 32.2. The zero-order chi connectivity index (χ0) is 21.3. The number of aliphatic carboxylic acids is 1. The molecular formula is C16H20F3N3O5S. The molecule has 0 spiro atoms. The van der Waals surface area contributed by atoms with E-state index in [1.165, 1.54) is 24.4 Å². The van der Waals surface area contributed by atoms with E-state index in [4.69, 9.17) is 9.90 Å². The number of carbonyl (C=O) groups excluding carboxylic acids is 2. The molecule has 1 aromatic heterocycles. The molecule has 12 heteroatoms. The van der Waals surface area contributed by atoms with E-state index in [1.807, 2.05) is 6.08 Å². The van der Waals surface area contributed by atoms with Crippen LogP contribution in [0.25, 0.3) is 6.08 Å². The minimum atomic E-state index is -5.08. The molecule has 0 radical (unpaired) electrons. The molecule has 0 aromatic carbocycles. The number of alkyl halides is 3. The lowest BCUT2D eigenvalue weighted by atomic mass is 10.0. The zero-order valence-corrected chi connectivity index (χ0v) is 16.0. The Morgan fingerprint density at radius 1 is 1.46 bits per heavy atom. The number of carboxylic acids is 1. The molecular weight excluding hydrogens is 403 g/mol. The number of thioether (sulfide) groups is 1. The van der Waals surface area contributed by atoms with Crippen LogP contribution in [0, 0.1) is 0 Å². The number of nitrogens with zero attached hydrogens (tertiary/aromatic N) is 2. The van der Waals surface area contributed by atoms with E-state index in [9.17, 15) is 22.8 Å². The summed E-state index contributed by atoms with van der Waals surface area (Å²) in [6.07, 6.45) is 1.40. The molecule has 2 N–H and O–H groups in total. The third kappa shape index (κ3) is 8.57. The molecule has 8 nitrogen and oxygen atoms in total. The summed E-state index contributed by atoms with van der Waals surface area (Å²) in [4.78, 5) is 31.4. The van der Waals surface area contributed by atoms with Gasteiger partial charge in [0.15, 0.2) is 5.12 Å². The van der Waals surface area contributed by atoms with Gasteiger partial charge in [-0.1, -0.05) is 17.8 Å². The van der Waals surface area contributed by atoms with Crippen molar-refractivity contribution >= 4 is 34.9 Å². The third-order valence-electron chi connectivity index (χ3n) is 3.40. The van der Waals surface area contributed by atoms with E-state index in [0.29, 0.717) is 0 Å². The molecule has 156 valence electrons. The van der Waals surface area contributed by atoms with Crippen LogP contribution in [0.2, 0.25) is 0 Å². The molecule has 2 heterocycles.